The van der Waals surface area contributed by atoms with Gasteiger partial charge in [0.05, 0.1) is 0 Å². The van der Waals surface area contributed by atoms with Gasteiger partial charge in [-0.3, -0.25) is 0 Å². The van der Waals surface area contributed by atoms with E-state index >= 15 is 0 Å². The smallest absolute Gasteiger partial charge is 0.126 e. The molecule has 0 saturated carbocycles. The van der Waals surface area contributed by atoms with E-state index in [2.05, 4.69) is 0 Å². The quantitative estimate of drug-likeness (QED) is 0.587. The van der Waals surface area contributed by atoms with E-state index in [4.69, 9.17) is 0 Å². The molecule has 12 heavy (non-hydrogen) atoms. The second-order valence-corrected chi connectivity index (χ2v) is 2.34. The summed E-state index contributed by atoms with van der Waals surface area (Å²) in [5.74, 6) is -0.655. The Balaban J connectivity index is 0.000000261. The molecule has 0 aromatic heterocycles. The van der Waals surface area contributed by atoms with Crippen molar-refractivity contribution in [2.24, 2.45) is 0 Å². The van der Waals surface area contributed by atoms with Crippen LogP contribution >= 0.6 is 0 Å². The van der Waals surface area contributed by atoms with E-state index in [0.29, 0.717) is 0 Å². The molecular weight excluding hydrogens is 162 g/mol. The predicted octanol–water partition coefficient (Wildman–Crippen LogP) is 2.56. The van der Waals surface area contributed by atoms with Gasteiger partial charge in [-0.1, -0.05) is 0 Å². The van der Waals surface area contributed by atoms with E-state index in [1.807, 2.05) is 0 Å². The SMILES string of the molecule is CC(C)=O.Fc1ccc(F)cc1. The molecule has 0 spiro atoms. The van der Waals surface area contributed by atoms with Crippen molar-refractivity contribution >= 4 is 5.78 Å². The Morgan fingerprint density at radius 1 is 1.00 bits per heavy atom. The van der Waals surface area contributed by atoms with Crippen molar-refractivity contribution in [2.45, 2.75) is 13.8 Å². The van der Waals surface area contributed by atoms with Crippen molar-refractivity contribution in [3.05, 3.63) is 35.9 Å². The van der Waals surface area contributed by atoms with E-state index in [1.54, 1.807) is 0 Å². The lowest BCUT2D eigenvalue weighted by molar-refractivity contribution is -0.114. The molecule has 1 aromatic carbocycles. The zero-order valence-corrected chi connectivity index (χ0v) is 6.97. The summed E-state index contributed by atoms with van der Waals surface area (Å²) in [7, 11) is 0. The Morgan fingerprint density at radius 2 is 1.17 bits per heavy atom. The van der Waals surface area contributed by atoms with Crippen LogP contribution in [0.1, 0.15) is 13.8 Å². The van der Waals surface area contributed by atoms with Crippen LogP contribution in [0, 0.1) is 11.6 Å². The number of benzene rings is 1. The molecule has 0 saturated heterocycles. The molecular formula is C9H10F2O. The van der Waals surface area contributed by atoms with E-state index in [1.165, 1.54) is 13.8 Å². The third kappa shape index (κ3) is 6.86. The van der Waals surface area contributed by atoms with Gasteiger partial charge in [0.25, 0.3) is 0 Å². The highest BCUT2D eigenvalue weighted by Gasteiger charge is 1.86. The van der Waals surface area contributed by atoms with E-state index < -0.39 is 11.6 Å². The fourth-order valence-corrected chi connectivity index (χ4v) is 0.430. The predicted molar refractivity (Wildman–Crippen MR) is 42.7 cm³/mol. The topological polar surface area (TPSA) is 17.1 Å². The fraction of sp³-hybridized carbons (Fsp3) is 0.222. The summed E-state index contributed by atoms with van der Waals surface area (Å²) in [6.07, 6.45) is 0. The van der Waals surface area contributed by atoms with E-state index in [0.717, 1.165) is 24.3 Å². The summed E-state index contributed by atoms with van der Waals surface area (Å²) in [5, 5.41) is 0. The first-order valence-electron chi connectivity index (χ1n) is 3.40. The molecule has 66 valence electrons. The summed E-state index contributed by atoms with van der Waals surface area (Å²) in [4.78, 5) is 9.44. The largest absolute Gasteiger partial charge is 0.300 e. The van der Waals surface area contributed by atoms with Crippen LogP contribution in [0.4, 0.5) is 8.78 Å². The number of rotatable bonds is 0. The molecule has 0 atom stereocenters. The van der Waals surface area contributed by atoms with Gasteiger partial charge in [0.15, 0.2) is 0 Å². The van der Waals surface area contributed by atoms with Crippen molar-refractivity contribution in [3.8, 4) is 0 Å². The van der Waals surface area contributed by atoms with Crippen LogP contribution in [-0.2, 0) is 4.79 Å². The van der Waals surface area contributed by atoms with Crippen LogP contribution in [-0.4, -0.2) is 5.78 Å². The van der Waals surface area contributed by atoms with Crippen LogP contribution in [0.5, 0.6) is 0 Å². The Morgan fingerprint density at radius 3 is 1.33 bits per heavy atom. The van der Waals surface area contributed by atoms with Crippen LogP contribution < -0.4 is 0 Å². The standard InChI is InChI=1S/C6H4F2.C3H6O/c7-5-1-2-6(8)4-3-5;1-3(2)4/h1-4H;1-2H3. The minimum atomic E-state index is -0.411. The summed E-state index contributed by atoms with van der Waals surface area (Å²) in [6.45, 7) is 3.06. The number of carbonyl (C=O) groups is 1. The van der Waals surface area contributed by atoms with Crippen molar-refractivity contribution < 1.29 is 13.6 Å². The molecule has 0 aliphatic heterocycles. The number of Topliss-reactive ketones (excluding diaryl/α,β-unsaturated/α-hetero) is 1. The summed E-state index contributed by atoms with van der Waals surface area (Å²) >= 11 is 0. The highest BCUT2D eigenvalue weighted by molar-refractivity contribution is 5.72. The van der Waals surface area contributed by atoms with Gasteiger partial charge < -0.3 is 4.79 Å². The van der Waals surface area contributed by atoms with Gasteiger partial charge in [-0.15, -0.1) is 0 Å². The van der Waals surface area contributed by atoms with Crippen LogP contribution in [0.3, 0.4) is 0 Å². The molecule has 0 radical (unpaired) electrons. The minimum Gasteiger partial charge on any atom is -0.300 e. The van der Waals surface area contributed by atoms with Gasteiger partial charge in [-0.05, 0) is 38.1 Å². The fourth-order valence-electron chi connectivity index (χ4n) is 0.430. The van der Waals surface area contributed by atoms with Crippen molar-refractivity contribution in [1.82, 2.24) is 0 Å². The first kappa shape index (κ1) is 10.8. The molecule has 1 aromatic rings. The monoisotopic (exact) mass is 172 g/mol. The molecule has 0 unspecified atom stereocenters. The molecule has 0 aliphatic carbocycles. The molecule has 1 rings (SSSR count). The maximum absolute atomic E-state index is 11.9. The number of hydrogen-bond donors (Lipinski definition) is 0. The van der Waals surface area contributed by atoms with Gasteiger partial charge in [0.1, 0.15) is 17.4 Å². The molecule has 3 heteroatoms. The molecule has 1 nitrogen and oxygen atoms in total. The van der Waals surface area contributed by atoms with Gasteiger partial charge in [-0.25, -0.2) is 8.78 Å². The van der Waals surface area contributed by atoms with Gasteiger partial charge in [-0.2, -0.15) is 0 Å². The van der Waals surface area contributed by atoms with Crippen molar-refractivity contribution in [2.75, 3.05) is 0 Å². The summed E-state index contributed by atoms with van der Waals surface area (Å²) in [6, 6.07) is 4.31. The molecule has 0 heterocycles. The number of ketones is 1. The zero-order chi connectivity index (χ0) is 9.56. The summed E-state index contributed by atoms with van der Waals surface area (Å²) < 4.78 is 23.8. The second kappa shape index (κ2) is 5.41. The highest BCUT2D eigenvalue weighted by Crippen LogP contribution is 1.98. The van der Waals surface area contributed by atoms with Gasteiger partial charge in [0.2, 0.25) is 0 Å². The normalized spacial score (nSPS) is 8.33. The third-order valence-corrected chi connectivity index (χ3v) is 0.804. The lowest BCUT2D eigenvalue weighted by Gasteiger charge is -1.83. The Bertz CT molecular complexity index is 216. The maximum Gasteiger partial charge on any atom is 0.126 e. The summed E-state index contributed by atoms with van der Waals surface area (Å²) in [5.41, 5.74) is 0. The van der Waals surface area contributed by atoms with Crippen LogP contribution in [0.2, 0.25) is 0 Å². The molecule has 0 bridgehead atoms. The Hall–Kier alpha value is -1.25. The minimum absolute atomic E-state index is 0.167. The number of hydrogen-bond acceptors (Lipinski definition) is 1. The van der Waals surface area contributed by atoms with Crippen molar-refractivity contribution in [3.63, 3.8) is 0 Å². The van der Waals surface area contributed by atoms with Crippen LogP contribution in [0.25, 0.3) is 0 Å². The molecule has 0 aliphatic rings. The second-order valence-electron chi connectivity index (χ2n) is 2.34. The zero-order valence-electron chi connectivity index (χ0n) is 6.97. The lowest BCUT2D eigenvalue weighted by Crippen LogP contribution is -1.72. The Kier molecular flexibility index (Phi) is 4.84. The molecule has 0 fully saturated rings. The molecule has 0 amide bonds. The van der Waals surface area contributed by atoms with Crippen LogP contribution in [0.15, 0.2) is 24.3 Å². The van der Waals surface area contributed by atoms with Gasteiger partial charge in [0, 0.05) is 0 Å². The maximum atomic E-state index is 11.9. The lowest BCUT2D eigenvalue weighted by atomic mass is 10.3. The van der Waals surface area contributed by atoms with Crippen molar-refractivity contribution in [1.29, 1.82) is 0 Å². The number of halogens is 2. The van der Waals surface area contributed by atoms with Gasteiger partial charge >= 0.3 is 0 Å². The third-order valence-electron chi connectivity index (χ3n) is 0.804. The van der Waals surface area contributed by atoms with E-state index in [9.17, 15) is 13.6 Å². The Labute approximate surface area is 70.0 Å². The first-order chi connectivity index (χ1) is 5.52. The molecule has 0 N–H and O–H groups in total. The first-order valence-corrected chi connectivity index (χ1v) is 3.40. The van der Waals surface area contributed by atoms with E-state index in [-0.39, 0.29) is 5.78 Å². The average Bonchev–Trinajstić information content (AvgIpc) is 1.94. The number of carbonyl (C=O) groups excluding carboxylic acids is 1. The average molecular weight is 172 g/mol. The highest BCUT2D eigenvalue weighted by atomic mass is 19.1.